The maximum atomic E-state index is 12.4. The van der Waals surface area contributed by atoms with Crippen molar-refractivity contribution in [1.82, 2.24) is 15.1 Å². The monoisotopic (exact) mass is 339 g/mol. The molecule has 0 radical (unpaired) electrons. The summed E-state index contributed by atoms with van der Waals surface area (Å²) in [4.78, 5) is 37.9. The van der Waals surface area contributed by atoms with Gasteiger partial charge in [-0.05, 0) is 18.2 Å². The Morgan fingerprint density at radius 3 is 2.48 bits per heavy atom. The van der Waals surface area contributed by atoms with Crippen LogP contribution in [0.25, 0.3) is 0 Å². The average Bonchev–Trinajstić information content (AvgIpc) is 2.53. The Labute approximate surface area is 138 Å². The minimum atomic E-state index is -1.07. The molecule has 124 valence electrons. The number of carboxylic acid groups (broad SMARTS) is 1. The standard InChI is InChI=1S/C15H18ClN3O4/c16-12-3-1-2-11(8-12)15(23)19-6-4-18(5-7-19)10-13(20)17-9-14(21)22/h1-3,8H,4-7,9-10H2,(H,17,20)(H,21,22). The van der Waals surface area contributed by atoms with Crippen molar-refractivity contribution in [3.8, 4) is 0 Å². The fourth-order valence-electron chi connectivity index (χ4n) is 2.35. The number of rotatable bonds is 5. The van der Waals surface area contributed by atoms with Crippen LogP contribution in [0.15, 0.2) is 24.3 Å². The van der Waals surface area contributed by atoms with Crippen molar-refractivity contribution in [1.29, 1.82) is 0 Å². The molecule has 0 unspecified atom stereocenters. The van der Waals surface area contributed by atoms with E-state index in [0.29, 0.717) is 36.8 Å². The Kier molecular flexibility index (Phi) is 5.95. The molecule has 1 aliphatic rings. The number of piperazine rings is 1. The lowest BCUT2D eigenvalue weighted by Gasteiger charge is -2.34. The summed E-state index contributed by atoms with van der Waals surface area (Å²) in [6, 6.07) is 6.81. The first-order valence-electron chi connectivity index (χ1n) is 7.21. The highest BCUT2D eigenvalue weighted by Crippen LogP contribution is 2.14. The lowest BCUT2D eigenvalue weighted by molar-refractivity contribution is -0.138. The quantitative estimate of drug-likeness (QED) is 0.805. The lowest BCUT2D eigenvalue weighted by Crippen LogP contribution is -2.51. The molecule has 1 aromatic rings. The van der Waals surface area contributed by atoms with Gasteiger partial charge in [-0.2, -0.15) is 0 Å². The summed E-state index contributed by atoms with van der Waals surface area (Å²) in [6.45, 7) is 1.90. The largest absolute Gasteiger partial charge is 0.480 e. The molecule has 0 bridgehead atoms. The molecule has 1 saturated heterocycles. The van der Waals surface area contributed by atoms with Gasteiger partial charge in [0.2, 0.25) is 5.91 Å². The molecule has 1 fully saturated rings. The summed E-state index contributed by atoms with van der Waals surface area (Å²) in [5, 5.41) is 11.3. The molecule has 2 rings (SSSR count). The van der Waals surface area contributed by atoms with Gasteiger partial charge < -0.3 is 15.3 Å². The van der Waals surface area contributed by atoms with Gasteiger partial charge >= 0.3 is 5.97 Å². The van der Waals surface area contributed by atoms with Gasteiger partial charge in [0.15, 0.2) is 0 Å². The third-order valence-corrected chi connectivity index (χ3v) is 3.77. The third kappa shape index (κ3) is 5.22. The zero-order valence-electron chi connectivity index (χ0n) is 12.5. The summed E-state index contributed by atoms with van der Waals surface area (Å²) < 4.78 is 0. The number of nitrogens with zero attached hydrogens (tertiary/aromatic N) is 2. The zero-order chi connectivity index (χ0) is 16.8. The van der Waals surface area contributed by atoms with Gasteiger partial charge in [0, 0.05) is 36.8 Å². The molecule has 2 amide bonds. The molecule has 0 aromatic heterocycles. The number of carboxylic acids is 1. The SMILES string of the molecule is O=C(O)CNC(=O)CN1CCN(C(=O)c2cccc(Cl)c2)CC1. The summed E-state index contributed by atoms with van der Waals surface area (Å²) >= 11 is 5.90. The lowest BCUT2D eigenvalue weighted by atomic mass is 10.2. The minimum absolute atomic E-state index is 0.0810. The Hall–Kier alpha value is -2.12. The predicted molar refractivity (Wildman–Crippen MR) is 84.4 cm³/mol. The second-order valence-electron chi connectivity index (χ2n) is 5.25. The molecule has 1 aliphatic heterocycles. The number of aliphatic carboxylic acids is 1. The molecule has 0 spiro atoms. The average molecular weight is 340 g/mol. The van der Waals surface area contributed by atoms with Crippen LogP contribution in [0.2, 0.25) is 5.02 Å². The van der Waals surface area contributed by atoms with Crippen LogP contribution in [-0.4, -0.2) is 72.0 Å². The Morgan fingerprint density at radius 1 is 1.17 bits per heavy atom. The van der Waals surface area contributed by atoms with Crippen LogP contribution in [0.4, 0.5) is 0 Å². The van der Waals surface area contributed by atoms with E-state index >= 15 is 0 Å². The molecule has 23 heavy (non-hydrogen) atoms. The summed E-state index contributed by atoms with van der Waals surface area (Å²) in [5.74, 6) is -1.49. The number of hydrogen-bond acceptors (Lipinski definition) is 4. The highest BCUT2D eigenvalue weighted by Gasteiger charge is 2.23. The highest BCUT2D eigenvalue weighted by molar-refractivity contribution is 6.30. The van der Waals surface area contributed by atoms with Crippen molar-refractivity contribution < 1.29 is 19.5 Å². The van der Waals surface area contributed by atoms with Crippen molar-refractivity contribution in [3.05, 3.63) is 34.9 Å². The van der Waals surface area contributed by atoms with Crippen LogP contribution in [0.5, 0.6) is 0 Å². The number of benzene rings is 1. The smallest absolute Gasteiger partial charge is 0.322 e. The van der Waals surface area contributed by atoms with Crippen molar-refractivity contribution >= 4 is 29.4 Å². The number of nitrogens with one attached hydrogen (secondary N) is 1. The third-order valence-electron chi connectivity index (χ3n) is 3.54. The Bertz CT molecular complexity index is 600. The van der Waals surface area contributed by atoms with Gasteiger partial charge in [-0.1, -0.05) is 17.7 Å². The van der Waals surface area contributed by atoms with Gasteiger partial charge in [-0.25, -0.2) is 0 Å². The van der Waals surface area contributed by atoms with E-state index in [1.165, 1.54) is 0 Å². The molecule has 0 atom stereocenters. The molecule has 8 heteroatoms. The fourth-order valence-corrected chi connectivity index (χ4v) is 2.54. The van der Waals surface area contributed by atoms with Crippen molar-refractivity contribution in [2.75, 3.05) is 39.3 Å². The van der Waals surface area contributed by atoms with E-state index in [2.05, 4.69) is 5.32 Å². The molecule has 7 nitrogen and oxygen atoms in total. The number of hydrogen-bond donors (Lipinski definition) is 2. The van der Waals surface area contributed by atoms with Crippen molar-refractivity contribution in [2.45, 2.75) is 0 Å². The molecule has 2 N–H and O–H groups in total. The van der Waals surface area contributed by atoms with Gasteiger partial charge in [0.25, 0.3) is 5.91 Å². The second kappa shape index (κ2) is 7.94. The van der Waals surface area contributed by atoms with Gasteiger partial charge in [0.1, 0.15) is 6.54 Å². The maximum Gasteiger partial charge on any atom is 0.322 e. The van der Waals surface area contributed by atoms with E-state index in [0.717, 1.165) is 0 Å². The minimum Gasteiger partial charge on any atom is -0.480 e. The van der Waals surface area contributed by atoms with Crippen LogP contribution in [-0.2, 0) is 9.59 Å². The summed E-state index contributed by atoms with van der Waals surface area (Å²) in [5.41, 5.74) is 0.546. The summed E-state index contributed by atoms with van der Waals surface area (Å²) in [6.07, 6.45) is 0. The van der Waals surface area contributed by atoms with E-state index in [-0.39, 0.29) is 24.9 Å². The fraction of sp³-hybridized carbons (Fsp3) is 0.400. The predicted octanol–water partition coefficient (Wildman–Crippen LogP) is 0.299. The van der Waals surface area contributed by atoms with Crippen molar-refractivity contribution in [3.63, 3.8) is 0 Å². The molecular formula is C15H18ClN3O4. The van der Waals surface area contributed by atoms with Crippen LogP contribution < -0.4 is 5.32 Å². The van der Waals surface area contributed by atoms with Crippen molar-refractivity contribution in [2.24, 2.45) is 0 Å². The van der Waals surface area contributed by atoms with Gasteiger partial charge in [-0.3, -0.25) is 19.3 Å². The number of carbonyl (C=O) groups excluding carboxylic acids is 2. The normalized spacial score (nSPS) is 15.3. The Balaban J connectivity index is 1.80. The molecular weight excluding hydrogens is 322 g/mol. The van der Waals surface area contributed by atoms with Crippen LogP contribution in [0.1, 0.15) is 10.4 Å². The van der Waals surface area contributed by atoms with Crippen LogP contribution in [0.3, 0.4) is 0 Å². The number of carbonyl (C=O) groups is 3. The first-order valence-corrected chi connectivity index (χ1v) is 7.59. The molecule has 0 saturated carbocycles. The zero-order valence-corrected chi connectivity index (χ0v) is 13.3. The molecule has 0 aliphatic carbocycles. The first-order chi connectivity index (χ1) is 11.0. The maximum absolute atomic E-state index is 12.4. The van der Waals surface area contributed by atoms with Crippen LogP contribution in [0, 0.1) is 0 Å². The van der Waals surface area contributed by atoms with E-state index in [4.69, 9.17) is 16.7 Å². The second-order valence-corrected chi connectivity index (χ2v) is 5.69. The van der Waals surface area contributed by atoms with E-state index in [9.17, 15) is 14.4 Å². The topological polar surface area (TPSA) is 89.9 Å². The van der Waals surface area contributed by atoms with E-state index in [1.807, 2.05) is 4.90 Å². The highest BCUT2D eigenvalue weighted by atomic mass is 35.5. The van der Waals surface area contributed by atoms with Gasteiger partial charge in [-0.15, -0.1) is 0 Å². The van der Waals surface area contributed by atoms with Crippen LogP contribution >= 0.6 is 11.6 Å². The number of amides is 2. The first kappa shape index (κ1) is 17.2. The number of halogens is 1. The summed E-state index contributed by atoms with van der Waals surface area (Å²) in [7, 11) is 0. The van der Waals surface area contributed by atoms with Gasteiger partial charge in [0.05, 0.1) is 6.54 Å². The van der Waals surface area contributed by atoms with E-state index in [1.54, 1.807) is 29.2 Å². The molecule has 1 aromatic carbocycles. The van der Waals surface area contributed by atoms with E-state index < -0.39 is 5.97 Å². The Morgan fingerprint density at radius 2 is 1.87 bits per heavy atom. The molecule has 1 heterocycles.